The standard InChI is InChI=1S/C15H21NO3S/c1-16(10-9-11-5-3-2-4-6-11)14(17)12-7-8-13(20-12)15(18)19/h7-8,11H,2-6,9-10H2,1H3,(H,18,19). The molecule has 1 fully saturated rings. The zero-order valence-corrected chi connectivity index (χ0v) is 12.6. The van der Waals surface area contributed by atoms with Crippen LogP contribution in [0.2, 0.25) is 0 Å². The Labute approximate surface area is 123 Å². The number of nitrogens with zero attached hydrogens (tertiary/aromatic N) is 1. The van der Waals surface area contributed by atoms with Gasteiger partial charge in [0.15, 0.2) is 0 Å². The van der Waals surface area contributed by atoms with Crippen molar-refractivity contribution in [1.82, 2.24) is 4.90 Å². The van der Waals surface area contributed by atoms with Gasteiger partial charge >= 0.3 is 5.97 Å². The molecule has 110 valence electrons. The molecule has 20 heavy (non-hydrogen) atoms. The van der Waals surface area contributed by atoms with Crippen LogP contribution in [-0.2, 0) is 0 Å². The highest BCUT2D eigenvalue weighted by molar-refractivity contribution is 7.15. The summed E-state index contributed by atoms with van der Waals surface area (Å²) in [5.74, 6) is -0.297. The van der Waals surface area contributed by atoms with E-state index in [2.05, 4.69) is 0 Å². The van der Waals surface area contributed by atoms with E-state index in [1.807, 2.05) is 0 Å². The Balaban J connectivity index is 1.85. The molecular formula is C15H21NO3S. The maximum Gasteiger partial charge on any atom is 0.345 e. The molecule has 1 N–H and O–H groups in total. The number of carbonyl (C=O) groups is 2. The van der Waals surface area contributed by atoms with Gasteiger partial charge in [-0.25, -0.2) is 4.79 Å². The normalized spacial score (nSPS) is 16.1. The van der Waals surface area contributed by atoms with Crippen LogP contribution in [0, 0.1) is 5.92 Å². The van der Waals surface area contributed by atoms with Gasteiger partial charge in [0.2, 0.25) is 0 Å². The molecule has 2 rings (SSSR count). The maximum absolute atomic E-state index is 12.2. The second kappa shape index (κ2) is 6.88. The van der Waals surface area contributed by atoms with Gasteiger partial charge in [-0.3, -0.25) is 4.79 Å². The van der Waals surface area contributed by atoms with E-state index >= 15 is 0 Å². The van der Waals surface area contributed by atoms with Crippen molar-refractivity contribution in [2.24, 2.45) is 5.92 Å². The molecule has 1 amide bonds. The van der Waals surface area contributed by atoms with Crippen molar-refractivity contribution in [2.75, 3.05) is 13.6 Å². The quantitative estimate of drug-likeness (QED) is 0.904. The summed E-state index contributed by atoms with van der Waals surface area (Å²) in [4.78, 5) is 25.5. The van der Waals surface area contributed by atoms with Crippen molar-refractivity contribution in [3.05, 3.63) is 21.9 Å². The first-order valence-electron chi connectivity index (χ1n) is 7.16. The predicted octanol–water partition coefficient (Wildman–Crippen LogP) is 3.49. The SMILES string of the molecule is CN(CCC1CCCCC1)C(=O)c1ccc(C(=O)O)s1. The Morgan fingerprint density at radius 3 is 2.50 bits per heavy atom. The Morgan fingerprint density at radius 1 is 1.25 bits per heavy atom. The van der Waals surface area contributed by atoms with Crippen LogP contribution in [-0.4, -0.2) is 35.5 Å². The molecule has 0 aromatic carbocycles. The van der Waals surface area contributed by atoms with E-state index < -0.39 is 5.97 Å². The van der Waals surface area contributed by atoms with E-state index in [-0.39, 0.29) is 10.8 Å². The fraction of sp³-hybridized carbons (Fsp3) is 0.600. The number of rotatable bonds is 5. The van der Waals surface area contributed by atoms with Gasteiger partial charge in [-0.15, -0.1) is 11.3 Å². The summed E-state index contributed by atoms with van der Waals surface area (Å²) in [5, 5.41) is 8.88. The van der Waals surface area contributed by atoms with Crippen LogP contribution in [0.1, 0.15) is 57.9 Å². The number of thiophene rings is 1. The highest BCUT2D eigenvalue weighted by atomic mass is 32.1. The van der Waals surface area contributed by atoms with Crippen LogP contribution in [0.5, 0.6) is 0 Å². The lowest BCUT2D eigenvalue weighted by Gasteiger charge is -2.24. The summed E-state index contributed by atoms with van der Waals surface area (Å²) in [7, 11) is 1.80. The molecule has 0 saturated heterocycles. The van der Waals surface area contributed by atoms with Crippen molar-refractivity contribution in [1.29, 1.82) is 0 Å². The van der Waals surface area contributed by atoms with Gasteiger partial charge in [0.05, 0.1) is 4.88 Å². The zero-order chi connectivity index (χ0) is 14.5. The highest BCUT2D eigenvalue weighted by Gasteiger charge is 2.19. The highest BCUT2D eigenvalue weighted by Crippen LogP contribution is 2.26. The van der Waals surface area contributed by atoms with Crippen LogP contribution >= 0.6 is 11.3 Å². The average molecular weight is 295 g/mol. The molecule has 1 heterocycles. The molecule has 1 aromatic rings. The van der Waals surface area contributed by atoms with Gasteiger partial charge in [0, 0.05) is 13.6 Å². The van der Waals surface area contributed by atoms with Crippen molar-refractivity contribution in [3.63, 3.8) is 0 Å². The van der Waals surface area contributed by atoms with Gasteiger partial charge in [0.25, 0.3) is 5.91 Å². The van der Waals surface area contributed by atoms with E-state index in [1.54, 1.807) is 18.0 Å². The third-order valence-electron chi connectivity index (χ3n) is 3.97. The number of carbonyl (C=O) groups excluding carboxylic acids is 1. The fourth-order valence-electron chi connectivity index (χ4n) is 2.71. The van der Waals surface area contributed by atoms with E-state index in [1.165, 1.54) is 38.2 Å². The maximum atomic E-state index is 12.2. The number of aromatic carboxylic acids is 1. The monoisotopic (exact) mass is 295 g/mol. The number of hydrogen-bond donors (Lipinski definition) is 1. The summed E-state index contributed by atoms with van der Waals surface area (Å²) in [6, 6.07) is 3.10. The first kappa shape index (κ1) is 15.0. The van der Waals surface area contributed by atoms with E-state index in [0.29, 0.717) is 4.88 Å². The van der Waals surface area contributed by atoms with Crippen molar-refractivity contribution in [3.8, 4) is 0 Å². The van der Waals surface area contributed by atoms with Crippen molar-refractivity contribution >= 4 is 23.2 Å². The first-order chi connectivity index (χ1) is 9.58. The van der Waals surface area contributed by atoms with E-state index in [0.717, 1.165) is 30.2 Å². The third kappa shape index (κ3) is 3.82. The number of hydrogen-bond acceptors (Lipinski definition) is 3. The number of amides is 1. The third-order valence-corrected chi connectivity index (χ3v) is 5.03. The summed E-state index contributed by atoms with van der Waals surface area (Å²) in [6.07, 6.45) is 7.59. The lowest BCUT2D eigenvalue weighted by molar-refractivity contribution is 0.0701. The van der Waals surface area contributed by atoms with Gasteiger partial charge in [-0.05, 0) is 24.5 Å². The molecule has 0 atom stereocenters. The van der Waals surface area contributed by atoms with Crippen LogP contribution < -0.4 is 0 Å². The minimum atomic E-state index is -0.973. The van der Waals surface area contributed by atoms with Crippen LogP contribution in [0.3, 0.4) is 0 Å². The van der Waals surface area contributed by atoms with Gasteiger partial charge in [-0.2, -0.15) is 0 Å². The minimum absolute atomic E-state index is 0.0710. The Hall–Kier alpha value is -1.36. The number of carboxylic acid groups (broad SMARTS) is 1. The molecule has 0 unspecified atom stereocenters. The summed E-state index contributed by atoms with van der Waals surface area (Å²) >= 11 is 1.05. The molecule has 0 spiro atoms. The van der Waals surface area contributed by atoms with E-state index in [4.69, 9.17) is 5.11 Å². The smallest absolute Gasteiger partial charge is 0.345 e. The predicted molar refractivity (Wildman–Crippen MR) is 79.4 cm³/mol. The molecular weight excluding hydrogens is 274 g/mol. The Morgan fingerprint density at radius 2 is 1.90 bits per heavy atom. The lowest BCUT2D eigenvalue weighted by atomic mass is 9.87. The van der Waals surface area contributed by atoms with Gasteiger partial charge < -0.3 is 10.0 Å². The summed E-state index contributed by atoms with van der Waals surface area (Å²) < 4.78 is 0. The van der Waals surface area contributed by atoms with Crippen molar-refractivity contribution < 1.29 is 14.7 Å². The lowest BCUT2D eigenvalue weighted by Crippen LogP contribution is -2.28. The molecule has 1 saturated carbocycles. The number of carboxylic acids is 1. The molecule has 0 radical (unpaired) electrons. The molecule has 4 nitrogen and oxygen atoms in total. The largest absolute Gasteiger partial charge is 0.477 e. The zero-order valence-electron chi connectivity index (χ0n) is 11.8. The molecule has 1 aromatic heterocycles. The Kier molecular flexibility index (Phi) is 5.17. The van der Waals surface area contributed by atoms with Gasteiger partial charge in [0.1, 0.15) is 4.88 Å². The topological polar surface area (TPSA) is 57.6 Å². The summed E-state index contributed by atoms with van der Waals surface area (Å²) in [5.41, 5.74) is 0. The molecule has 1 aliphatic rings. The molecule has 0 aliphatic heterocycles. The molecule has 0 bridgehead atoms. The second-order valence-electron chi connectivity index (χ2n) is 5.49. The van der Waals surface area contributed by atoms with Crippen LogP contribution in [0.25, 0.3) is 0 Å². The van der Waals surface area contributed by atoms with Gasteiger partial charge in [-0.1, -0.05) is 32.1 Å². The fourth-order valence-corrected chi connectivity index (χ4v) is 3.55. The van der Waals surface area contributed by atoms with E-state index in [9.17, 15) is 9.59 Å². The Bertz CT molecular complexity index is 477. The van der Waals surface area contributed by atoms with Crippen LogP contribution in [0.4, 0.5) is 0 Å². The molecule has 1 aliphatic carbocycles. The average Bonchev–Trinajstić information content (AvgIpc) is 2.95. The summed E-state index contributed by atoms with van der Waals surface area (Å²) in [6.45, 7) is 0.754. The first-order valence-corrected chi connectivity index (χ1v) is 7.98. The molecule has 5 heteroatoms. The minimum Gasteiger partial charge on any atom is -0.477 e. The second-order valence-corrected chi connectivity index (χ2v) is 6.57. The van der Waals surface area contributed by atoms with Crippen molar-refractivity contribution in [2.45, 2.75) is 38.5 Å². The van der Waals surface area contributed by atoms with Crippen LogP contribution in [0.15, 0.2) is 12.1 Å².